The predicted molar refractivity (Wildman–Crippen MR) is 107 cm³/mol. The second-order valence-corrected chi connectivity index (χ2v) is 9.26. The summed E-state index contributed by atoms with van der Waals surface area (Å²) >= 11 is 5.73. The van der Waals surface area contributed by atoms with Crippen LogP contribution >= 0.6 is 11.6 Å². The lowest BCUT2D eigenvalue weighted by Crippen LogP contribution is -2.28. The van der Waals surface area contributed by atoms with Crippen molar-refractivity contribution in [3.05, 3.63) is 44.2 Å². The third-order valence-corrected chi connectivity index (χ3v) is 7.63. The van der Waals surface area contributed by atoms with Crippen molar-refractivity contribution >= 4 is 21.6 Å². The molecule has 0 amide bonds. The molecule has 1 aromatic carbocycles. The van der Waals surface area contributed by atoms with Gasteiger partial charge in [0, 0.05) is 13.1 Å². The van der Waals surface area contributed by atoms with Crippen LogP contribution in [0, 0.1) is 41.5 Å². The van der Waals surface area contributed by atoms with Gasteiger partial charge >= 0.3 is 6.18 Å². The molecule has 0 saturated heterocycles. The molecule has 2 rings (SSSR count). The normalized spacial score (nSPS) is 12.6. The molecule has 29 heavy (non-hydrogen) atoms. The highest BCUT2D eigenvalue weighted by Crippen LogP contribution is 2.35. The van der Waals surface area contributed by atoms with Gasteiger partial charge in [0.05, 0.1) is 15.6 Å². The van der Waals surface area contributed by atoms with Crippen molar-refractivity contribution in [3.8, 4) is 0 Å². The Balaban J connectivity index is 2.15. The van der Waals surface area contributed by atoms with Gasteiger partial charge < -0.3 is 0 Å². The molecule has 0 bridgehead atoms. The molecule has 0 aliphatic carbocycles. The Labute approximate surface area is 174 Å². The van der Waals surface area contributed by atoms with Crippen LogP contribution in [-0.2, 0) is 22.7 Å². The third-order valence-electron chi connectivity index (χ3n) is 5.44. The number of hydrogen-bond donors (Lipinski definition) is 1. The smallest absolute Gasteiger partial charge is 0.268 e. The van der Waals surface area contributed by atoms with Crippen LogP contribution in [0.4, 0.5) is 13.2 Å². The van der Waals surface area contributed by atoms with Gasteiger partial charge in [0.15, 0.2) is 5.69 Å². The van der Waals surface area contributed by atoms with Gasteiger partial charge in [-0.2, -0.15) is 18.3 Å². The van der Waals surface area contributed by atoms with Crippen molar-refractivity contribution in [2.75, 3.05) is 6.54 Å². The van der Waals surface area contributed by atoms with Crippen LogP contribution in [0.2, 0.25) is 5.02 Å². The number of alkyl halides is 3. The maximum absolute atomic E-state index is 12.9. The SMILES string of the molecule is Cc1c(C)c(C)c(S(=O)(=O)NCCCn2nc(C(F)(F)F)c(Cl)c2C)c(C)c1C. The Hall–Kier alpha value is -1.58. The van der Waals surface area contributed by atoms with E-state index in [1.165, 1.54) is 6.92 Å². The van der Waals surface area contributed by atoms with E-state index in [-0.39, 0.29) is 30.1 Å². The molecular formula is C19H25ClF3N3O2S. The van der Waals surface area contributed by atoms with Gasteiger partial charge in [-0.15, -0.1) is 0 Å². The van der Waals surface area contributed by atoms with E-state index in [0.29, 0.717) is 11.1 Å². The second-order valence-electron chi connectivity index (χ2n) is 7.17. The first-order chi connectivity index (χ1) is 13.2. The van der Waals surface area contributed by atoms with Crippen molar-refractivity contribution in [1.29, 1.82) is 0 Å². The Morgan fingerprint density at radius 1 is 0.966 bits per heavy atom. The first kappa shape index (κ1) is 23.7. The third kappa shape index (κ3) is 4.62. The second kappa shape index (κ2) is 8.28. The number of nitrogens with zero attached hydrogens (tertiary/aromatic N) is 2. The topological polar surface area (TPSA) is 64.0 Å². The number of hydrogen-bond acceptors (Lipinski definition) is 3. The number of rotatable bonds is 6. The predicted octanol–water partition coefficient (Wildman–Crippen LogP) is 4.77. The molecule has 0 atom stereocenters. The minimum absolute atomic E-state index is 0.0610. The summed E-state index contributed by atoms with van der Waals surface area (Å²) in [6, 6.07) is 0. The zero-order valence-corrected chi connectivity index (χ0v) is 18.8. The van der Waals surface area contributed by atoms with Gasteiger partial charge in [-0.05, 0) is 75.8 Å². The average molecular weight is 452 g/mol. The molecule has 0 aliphatic rings. The van der Waals surface area contributed by atoms with E-state index in [9.17, 15) is 21.6 Å². The molecular weight excluding hydrogens is 427 g/mol. The van der Waals surface area contributed by atoms with E-state index in [4.69, 9.17) is 11.6 Å². The van der Waals surface area contributed by atoms with Crippen LogP contribution in [0.15, 0.2) is 4.90 Å². The monoisotopic (exact) mass is 451 g/mol. The van der Waals surface area contributed by atoms with Crippen molar-refractivity contribution in [2.45, 2.75) is 65.6 Å². The van der Waals surface area contributed by atoms with Gasteiger partial charge in [-0.3, -0.25) is 4.68 Å². The Kier molecular flexibility index (Phi) is 6.76. The van der Waals surface area contributed by atoms with E-state index in [2.05, 4.69) is 9.82 Å². The van der Waals surface area contributed by atoms with Crippen molar-refractivity contribution in [1.82, 2.24) is 14.5 Å². The van der Waals surface area contributed by atoms with Gasteiger partial charge in [0.1, 0.15) is 0 Å². The molecule has 1 N–H and O–H groups in total. The quantitative estimate of drug-likeness (QED) is 0.643. The minimum Gasteiger partial charge on any atom is -0.268 e. The number of halogens is 4. The lowest BCUT2D eigenvalue weighted by atomic mass is 9.95. The minimum atomic E-state index is -4.63. The molecule has 1 aromatic heterocycles. The van der Waals surface area contributed by atoms with Crippen LogP contribution in [-0.4, -0.2) is 24.7 Å². The first-order valence-corrected chi connectivity index (χ1v) is 10.9. The van der Waals surface area contributed by atoms with E-state index >= 15 is 0 Å². The molecule has 162 valence electrons. The lowest BCUT2D eigenvalue weighted by molar-refractivity contribution is -0.141. The molecule has 0 unspecified atom stereocenters. The number of aromatic nitrogens is 2. The molecule has 0 fully saturated rings. The zero-order chi connectivity index (χ0) is 22.3. The van der Waals surface area contributed by atoms with Crippen LogP contribution in [0.3, 0.4) is 0 Å². The molecule has 10 heteroatoms. The summed E-state index contributed by atoms with van der Waals surface area (Å²) < 4.78 is 68.1. The highest BCUT2D eigenvalue weighted by Gasteiger charge is 2.38. The van der Waals surface area contributed by atoms with E-state index in [0.717, 1.165) is 21.4 Å². The number of sulfonamides is 1. The lowest BCUT2D eigenvalue weighted by Gasteiger charge is -2.19. The first-order valence-electron chi connectivity index (χ1n) is 9.06. The average Bonchev–Trinajstić information content (AvgIpc) is 2.90. The Morgan fingerprint density at radius 2 is 1.45 bits per heavy atom. The van der Waals surface area contributed by atoms with Crippen molar-refractivity contribution in [2.24, 2.45) is 0 Å². The van der Waals surface area contributed by atoms with Crippen LogP contribution < -0.4 is 4.72 Å². The molecule has 0 saturated carbocycles. The molecule has 0 aliphatic heterocycles. The fraction of sp³-hybridized carbons (Fsp3) is 0.526. The Morgan fingerprint density at radius 3 is 1.90 bits per heavy atom. The molecule has 0 spiro atoms. The fourth-order valence-electron chi connectivity index (χ4n) is 3.30. The summed E-state index contributed by atoms with van der Waals surface area (Å²) in [6.45, 7) is 10.9. The van der Waals surface area contributed by atoms with Crippen LogP contribution in [0.5, 0.6) is 0 Å². The number of nitrogens with one attached hydrogen (secondary N) is 1. The van der Waals surface area contributed by atoms with Gasteiger partial charge in [0.2, 0.25) is 10.0 Å². The summed E-state index contributed by atoms with van der Waals surface area (Å²) in [7, 11) is -3.76. The highest BCUT2D eigenvalue weighted by atomic mass is 35.5. The van der Waals surface area contributed by atoms with Gasteiger partial charge in [0.25, 0.3) is 0 Å². The molecule has 2 aromatic rings. The fourth-order valence-corrected chi connectivity index (χ4v) is 5.21. The molecule has 0 radical (unpaired) electrons. The number of benzene rings is 1. The van der Waals surface area contributed by atoms with Crippen LogP contribution in [0.1, 0.15) is 45.6 Å². The van der Waals surface area contributed by atoms with Crippen molar-refractivity contribution < 1.29 is 21.6 Å². The van der Waals surface area contributed by atoms with E-state index < -0.39 is 26.9 Å². The largest absolute Gasteiger partial charge is 0.436 e. The van der Waals surface area contributed by atoms with Gasteiger partial charge in [-0.1, -0.05) is 11.6 Å². The molecule has 5 nitrogen and oxygen atoms in total. The number of aryl methyl sites for hydroxylation is 1. The van der Waals surface area contributed by atoms with Crippen LogP contribution in [0.25, 0.3) is 0 Å². The van der Waals surface area contributed by atoms with E-state index in [1.54, 1.807) is 13.8 Å². The van der Waals surface area contributed by atoms with Gasteiger partial charge in [-0.25, -0.2) is 13.1 Å². The zero-order valence-electron chi connectivity index (χ0n) is 17.3. The summed E-state index contributed by atoms with van der Waals surface area (Å²) in [4.78, 5) is 0.260. The summed E-state index contributed by atoms with van der Waals surface area (Å²) in [5, 5.41) is 3.08. The maximum Gasteiger partial charge on any atom is 0.436 e. The maximum atomic E-state index is 12.9. The summed E-state index contributed by atoms with van der Waals surface area (Å²) in [5.41, 5.74) is 3.37. The highest BCUT2D eigenvalue weighted by molar-refractivity contribution is 7.89. The standard InChI is InChI=1S/C19H25ClF3N3O2S/c1-10-11(2)13(4)17(14(5)12(10)3)29(27,28)24-8-7-9-26-15(6)16(20)18(25-26)19(21,22)23/h24H,7-9H2,1-6H3. The summed E-state index contributed by atoms with van der Waals surface area (Å²) in [6.07, 6.45) is -4.37. The Bertz CT molecular complexity index is 1020. The molecule has 1 heterocycles. The summed E-state index contributed by atoms with van der Waals surface area (Å²) in [5.74, 6) is 0. The van der Waals surface area contributed by atoms with E-state index in [1.807, 2.05) is 20.8 Å². The van der Waals surface area contributed by atoms with Crippen molar-refractivity contribution in [3.63, 3.8) is 0 Å².